The van der Waals surface area contributed by atoms with Crippen LogP contribution in [0.25, 0.3) is 0 Å². The molecule has 0 amide bonds. The van der Waals surface area contributed by atoms with E-state index in [9.17, 15) is 0 Å². The summed E-state index contributed by atoms with van der Waals surface area (Å²) in [6, 6.07) is 2.19. The number of aromatic nitrogens is 1. The van der Waals surface area contributed by atoms with E-state index >= 15 is 0 Å². The van der Waals surface area contributed by atoms with E-state index in [0.29, 0.717) is 0 Å². The van der Waals surface area contributed by atoms with Gasteiger partial charge in [-0.15, -0.1) is 0 Å². The Balaban J connectivity index is 2.06. The van der Waals surface area contributed by atoms with E-state index in [1.807, 2.05) is 6.20 Å². The van der Waals surface area contributed by atoms with Gasteiger partial charge in [0.2, 0.25) is 0 Å². The molecule has 0 aromatic carbocycles. The number of rotatable bonds is 6. The Morgan fingerprint density at radius 3 is 2.65 bits per heavy atom. The maximum atomic E-state index is 4.65. The molecule has 2 rings (SSSR count). The van der Waals surface area contributed by atoms with E-state index in [4.69, 9.17) is 0 Å². The van der Waals surface area contributed by atoms with Crippen LogP contribution < -0.4 is 10.2 Å². The molecule has 5 heteroatoms. The molecule has 1 aromatic heterocycles. The second-order valence-electron chi connectivity index (χ2n) is 5.23. The Hall–Kier alpha value is -0.650. The van der Waals surface area contributed by atoms with Gasteiger partial charge in [-0.3, -0.25) is 0 Å². The maximum Gasteiger partial charge on any atom is 0.133 e. The van der Waals surface area contributed by atoms with Crippen LogP contribution in [0.3, 0.4) is 0 Å². The molecule has 1 saturated heterocycles. The second-order valence-corrected chi connectivity index (χ2v) is 6.15. The van der Waals surface area contributed by atoms with Crippen LogP contribution in [0, 0.1) is 0 Å². The molecule has 0 unspecified atom stereocenters. The summed E-state index contributed by atoms with van der Waals surface area (Å²) in [5.74, 6) is 1.15. The lowest BCUT2D eigenvalue weighted by molar-refractivity contribution is 0.270. The summed E-state index contributed by atoms with van der Waals surface area (Å²) in [6.07, 6.45) is 3.07. The molecule has 1 N–H and O–H groups in total. The van der Waals surface area contributed by atoms with Crippen LogP contribution in [0.2, 0.25) is 0 Å². The largest absolute Gasteiger partial charge is 0.354 e. The first kappa shape index (κ1) is 15.7. The topological polar surface area (TPSA) is 31.4 Å². The summed E-state index contributed by atoms with van der Waals surface area (Å²) < 4.78 is 1.06. The minimum atomic E-state index is 0.892. The Labute approximate surface area is 130 Å². The fraction of sp³-hybridized carbons (Fsp3) is 0.667. The van der Waals surface area contributed by atoms with Gasteiger partial charge in [-0.1, -0.05) is 13.8 Å². The smallest absolute Gasteiger partial charge is 0.133 e. The first-order valence-corrected chi connectivity index (χ1v) is 8.36. The Morgan fingerprint density at radius 1 is 1.25 bits per heavy atom. The van der Waals surface area contributed by atoms with Gasteiger partial charge in [0.05, 0.1) is 0 Å². The van der Waals surface area contributed by atoms with Crippen molar-refractivity contribution in [3.05, 3.63) is 22.3 Å². The number of piperazine rings is 1. The number of likely N-dealkylation sites (N-methyl/N-ethyl adjacent to an activating group) is 1. The molecule has 0 saturated carbocycles. The van der Waals surface area contributed by atoms with Crippen LogP contribution in [0.15, 0.2) is 16.7 Å². The average Bonchev–Trinajstić information content (AvgIpc) is 2.48. The van der Waals surface area contributed by atoms with Crippen molar-refractivity contribution < 1.29 is 0 Å². The lowest BCUT2D eigenvalue weighted by atomic mass is 10.2. The van der Waals surface area contributed by atoms with Crippen LogP contribution >= 0.6 is 15.9 Å². The molecular weight excluding hydrogens is 316 g/mol. The highest BCUT2D eigenvalue weighted by Gasteiger charge is 2.19. The lowest BCUT2D eigenvalue weighted by Crippen LogP contribution is -2.46. The number of nitrogens with one attached hydrogen (secondary N) is 1. The minimum absolute atomic E-state index is 0.892. The fourth-order valence-corrected chi connectivity index (χ4v) is 2.94. The first-order valence-electron chi connectivity index (χ1n) is 7.57. The van der Waals surface area contributed by atoms with Crippen LogP contribution in [-0.2, 0) is 6.54 Å². The summed E-state index contributed by atoms with van der Waals surface area (Å²) in [4.78, 5) is 9.56. The number of anilines is 1. The minimum Gasteiger partial charge on any atom is -0.354 e. The molecule has 0 radical (unpaired) electrons. The summed E-state index contributed by atoms with van der Waals surface area (Å²) >= 11 is 3.53. The first-order chi connectivity index (χ1) is 9.74. The number of hydrogen-bond acceptors (Lipinski definition) is 4. The van der Waals surface area contributed by atoms with Crippen LogP contribution in [0.5, 0.6) is 0 Å². The molecule has 1 fully saturated rings. The highest BCUT2D eigenvalue weighted by atomic mass is 79.9. The van der Waals surface area contributed by atoms with Crippen molar-refractivity contribution in [2.45, 2.75) is 26.8 Å². The molecule has 1 aliphatic rings. The zero-order chi connectivity index (χ0) is 14.4. The molecule has 112 valence electrons. The highest BCUT2D eigenvalue weighted by molar-refractivity contribution is 9.10. The normalized spacial score (nSPS) is 16.6. The number of halogens is 1. The van der Waals surface area contributed by atoms with E-state index in [1.165, 1.54) is 5.56 Å². The Kier molecular flexibility index (Phi) is 6.26. The van der Waals surface area contributed by atoms with Gasteiger partial charge in [-0.25, -0.2) is 4.98 Å². The van der Waals surface area contributed by atoms with E-state index in [-0.39, 0.29) is 0 Å². The van der Waals surface area contributed by atoms with Crippen LogP contribution in [0.1, 0.15) is 25.8 Å². The quantitative estimate of drug-likeness (QED) is 0.806. The van der Waals surface area contributed by atoms with Crippen LogP contribution in [0.4, 0.5) is 5.82 Å². The second kappa shape index (κ2) is 7.96. The summed E-state index contributed by atoms with van der Waals surface area (Å²) in [7, 11) is 0. The van der Waals surface area contributed by atoms with Crippen molar-refractivity contribution in [3.63, 3.8) is 0 Å². The number of pyridine rings is 1. The zero-order valence-electron chi connectivity index (χ0n) is 12.5. The van der Waals surface area contributed by atoms with Gasteiger partial charge in [0.15, 0.2) is 0 Å². The van der Waals surface area contributed by atoms with Gasteiger partial charge >= 0.3 is 0 Å². The predicted molar refractivity (Wildman–Crippen MR) is 88.3 cm³/mol. The van der Waals surface area contributed by atoms with Crippen molar-refractivity contribution in [2.75, 3.05) is 44.2 Å². The fourth-order valence-electron chi connectivity index (χ4n) is 2.56. The zero-order valence-corrected chi connectivity index (χ0v) is 14.1. The summed E-state index contributed by atoms with van der Waals surface area (Å²) in [5.41, 5.74) is 1.29. The maximum absolute atomic E-state index is 4.65. The molecule has 0 atom stereocenters. The summed E-state index contributed by atoms with van der Waals surface area (Å²) in [5, 5.41) is 3.48. The standard InChI is InChI=1S/C15H25BrN4/c1-3-5-17-11-13-10-14(16)12-18-15(13)20-8-6-19(4-2)7-9-20/h10,12,17H,3-9,11H2,1-2H3. The molecule has 0 bridgehead atoms. The molecule has 1 aromatic rings. The van der Waals surface area contributed by atoms with Crippen molar-refractivity contribution in [1.29, 1.82) is 0 Å². The van der Waals surface area contributed by atoms with Gasteiger partial charge in [0, 0.05) is 49.0 Å². The number of nitrogens with zero attached hydrogens (tertiary/aromatic N) is 3. The molecule has 2 heterocycles. The average molecular weight is 341 g/mol. The SMILES string of the molecule is CCCNCc1cc(Br)cnc1N1CCN(CC)CC1. The summed E-state index contributed by atoms with van der Waals surface area (Å²) in [6.45, 7) is 11.9. The van der Waals surface area contributed by atoms with Crippen molar-refractivity contribution >= 4 is 21.7 Å². The van der Waals surface area contributed by atoms with Crippen molar-refractivity contribution in [3.8, 4) is 0 Å². The molecule has 1 aliphatic heterocycles. The Bertz CT molecular complexity index is 416. The van der Waals surface area contributed by atoms with Gasteiger partial charge in [-0.2, -0.15) is 0 Å². The molecular formula is C15H25BrN4. The van der Waals surface area contributed by atoms with E-state index in [1.54, 1.807) is 0 Å². The molecule has 0 aliphatic carbocycles. The third-order valence-corrected chi connectivity index (χ3v) is 4.20. The van der Waals surface area contributed by atoms with E-state index in [0.717, 1.165) is 62.5 Å². The molecule has 0 spiro atoms. The third kappa shape index (κ3) is 4.17. The molecule has 4 nitrogen and oxygen atoms in total. The monoisotopic (exact) mass is 340 g/mol. The van der Waals surface area contributed by atoms with Crippen LogP contribution in [-0.4, -0.2) is 49.2 Å². The predicted octanol–water partition coefficient (Wildman–Crippen LogP) is 2.49. The Morgan fingerprint density at radius 2 is 2.00 bits per heavy atom. The lowest BCUT2D eigenvalue weighted by Gasteiger charge is -2.35. The van der Waals surface area contributed by atoms with Gasteiger partial charge < -0.3 is 15.1 Å². The third-order valence-electron chi connectivity index (χ3n) is 3.77. The molecule has 20 heavy (non-hydrogen) atoms. The van der Waals surface area contributed by atoms with E-state index in [2.05, 4.69) is 55.9 Å². The van der Waals surface area contributed by atoms with Crippen molar-refractivity contribution in [2.24, 2.45) is 0 Å². The highest BCUT2D eigenvalue weighted by Crippen LogP contribution is 2.22. The number of hydrogen-bond donors (Lipinski definition) is 1. The van der Waals surface area contributed by atoms with Crippen molar-refractivity contribution in [1.82, 2.24) is 15.2 Å². The van der Waals surface area contributed by atoms with Gasteiger partial charge in [-0.05, 0) is 41.5 Å². The van der Waals surface area contributed by atoms with Gasteiger partial charge in [0.25, 0.3) is 0 Å². The van der Waals surface area contributed by atoms with Gasteiger partial charge in [0.1, 0.15) is 5.82 Å². The van der Waals surface area contributed by atoms with E-state index < -0.39 is 0 Å².